The van der Waals surface area contributed by atoms with Crippen LogP contribution < -0.4 is 0 Å². The van der Waals surface area contributed by atoms with Crippen molar-refractivity contribution >= 4 is 11.6 Å². The van der Waals surface area contributed by atoms with Crippen molar-refractivity contribution in [3.8, 4) is 0 Å². The molecule has 3 heterocycles. The van der Waals surface area contributed by atoms with Gasteiger partial charge in [0.25, 0.3) is 0 Å². The van der Waals surface area contributed by atoms with Gasteiger partial charge in [0.1, 0.15) is 0 Å². The van der Waals surface area contributed by atoms with E-state index >= 15 is 0 Å². The van der Waals surface area contributed by atoms with Crippen molar-refractivity contribution in [2.75, 3.05) is 0 Å². The third kappa shape index (κ3) is 1.87. The van der Waals surface area contributed by atoms with Gasteiger partial charge in [-0.25, -0.2) is 0 Å². The Bertz CT molecular complexity index is 362. The summed E-state index contributed by atoms with van der Waals surface area (Å²) in [6, 6.07) is 1.42. The Labute approximate surface area is 101 Å². The zero-order valence-corrected chi connectivity index (χ0v) is 10.4. The van der Waals surface area contributed by atoms with E-state index in [-0.39, 0.29) is 0 Å². The third-order valence-corrected chi connectivity index (χ3v) is 4.31. The average molecular weight is 240 g/mol. The van der Waals surface area contributed by atoms with Gasteiger partial charge in [-0.1, -0.05) is 0 Å². The highest BCUT2D eigenvalue weighted by atomic mass is 35.5. The van der Waals surface area contributed by atoms with Gasteiger partial charge < -0.3 is 0 Å². The Morgan fingerprint density at radius 3 is 2.62 bits per heavy atom. The first-order valence-corrected chi connectivity index (χ1v) is 6.53. The molecule has 3 rings (SSSR count). The fourth-order valence-corrected chi connectivity index (χ4v) is 3.64. The van der Waals surface area contributed by atoms with Crippen molar-refractivity contribution in [3.05, 3.63) is 18.0 Å². The number of halogens is 1. The number of fused-ring (bicyclic) bond motifs is 2. The number of hydrogen-bond acceptors (Lipinski definition) is 2. The summed E-state index contributed by atoms with van der Waals surface area (Å²) in [5.41, 5.74) is 1.33. The number of rotatable bonds is 2. The number of alkyl halides is 1. The molecule has 2 aliphatic heterocycles. The van der Waals surface area contributed by atoms with Crippen LogP contribution in [0, 0.1) is 0 Å². The van der Waals surface area contributed by atoms with Crippen LogP contribution in [-0.4, -0.2) is 32.1 Å². The largest absolute Gasteiger partial charge is 0.293 e. The van der Waals surface area contributed by atoms with Crippen LogP contribution in [0.2, 0.25) is 0 Å². The van der Waals surface area contributed by atoms with E-state index in [0.29, 0.717) is 17.5 Å². The maximum atomic E-state index is 6.28. The van der Waals surface area contributed by atoms with Crippen LogP contribution >= 0.6 is 11.6 Å². The molecule has 4 heteroatoms. The minimum absolute atomic E-state index is 0.405. The molecule has 2 saturated heterocycles. The molecule has 0 saturated carbocycles. The van der Waals surface area contributed by atoms with Crippen molar-refractivity contribution in [1.29, 1.82) is 0 Å². The highest BCUT2D eigenvalue weighted by Gasteiger charge is 2.39. The maximum absolute atomic E-state index is 6.28. The van der Waals surface area contributed by atoms with Crippen LogP contribution in [0.3, 0.4) is 0 Å². The summed E-state index contributed by atoms with van der Waals surface area (Å²) in [6.07, 6.45) is 9.08. The Kier molecular flexibility index (Phi) is 2.68. The molecular weight excluding hydrogens is 222 g/mol. The van der Waals surface area contributed by atoms with Crippen LogP contribution in [0.25, 0.3) is 0 Å². The van der Waals surface area contributed by atoms with E-state index in [9.17, 15) is 0 Å². The van der Waals surface area contributed by atoms with Gasteiger partial charge in [0, 0.05) is 42.8 Å². The molecule has 88 valence electrons. The fraction of sp³-hybridized carbons (Fsp3) is 0.750. The monoisotopic (exact) mass is 239 g/mol. The van der Waals surface area contributed by atoms with Crippen molar-refractivity contribution in [1.82, 2.24) is 14.7 Å². The average Bonchev–Trinajstić information content (AvgIpc) is 2.72. The fourth-order valence-electron chi connectivity index (χ4n) is 3.23. The number of hydrogen-bond donors (Lipinski definition) is 0. The van der Waals surface area contributed by atoms with Gasteiger partial charge in [-0.3, -0.25) is 9.58 Å². The second kappa shape index (κ2) is 4.04. The lowest BCUT2D eigenvalue weighted by atomic mass is 10.0. The van der Waals surface area contributed by atoms with Crippen LogP contribution in [-0.2, 0) is 13.6 Å². The molecule has 2 bridgehead atoms. The molecule has 0 radical (unpaired) electrons. The third-order valence-electron chi connectivity index (χ3n) is 3.95. The van der Waals surface area contributed by atoms with Crippen LogP contribution in [0.4, 0.5) is 0 Å². The lowest BCUT2D eigenvalue weighted by molar-refractivity contribution is 0.134. The van der Waals surface area contributed by atoms with Crippen molar-refractivity contribution in [3.63, 3.8) is 0 Å². The molecule has 1 aromatic rings. The summed E-state index contributed by atoms with van der Waals surface area (Å²) >= 11 is 6.28. The van der Waals surface area contributed by atoms with Gasteiger partial charge in [0.05, 0.1) is 6.20 Å². The quantitative estimate of drug-likeness (QED) is 0.738. The summed E-state index contributed by atoms with van der Waals surface area (Å²) in [4.78, 5) is 2.63. The Morgan fingerprint density at radius 1 is 1.38 bits per heavy atom. The van der Waals surface area contributed by atoms with Crippen molar-refractivity contribution in [2.24, 2.45) is 7.05 Å². The SMILES string of the molecule is Cn1cc(CN2C3CCC2CC(Cl)C3)cn1. The minimum Gasteiger partial charge on any atom is -0.293 e. The van der Waals surface area contributed by atoms with E-state index < -0.39 is 0 Å². The first-order valence-electron chi connectivity index (χ1n) is 6.09. The molecule has 2 fully saturated rings. The van der Waals surface area contributed by atoms with E-state index in [0.717, 1.165) is 19.4 Å². The summed E-state index contributed by atoms with van der Waals surface area (Å²) < 4.78 is 1.88. The molecule has 0 amide bonds. The number of nitrogens with zero attached hydrogens (tertiary/aromatic N) is 3. The van der Waals surface area contributed by atoms with E-state index in [1.165, 1.54) is 18.4 Å². The van der Waals surface area contributed by atoms with Crippen LogP contribution in [0.15, 0.2) is 12.4 Å². The van der Waals surface area contributed by atoms with Gasteiger partial charge in [0.2, 0.25) is 0 Å². The van der Waals surface area contributed by atoms with Crippen molar-refractivity contribution in [2.45, 2.75) is 49.7 Å². The molecule has 2 atom stereocenters. The van der Waals surface area contributed by atoms with Gasteiger partial charge in [-0.15, -0.1) is 11.6 Å². The predicted molar refractivity (Wildman–Crippen MR) is 64.4 cm³/mol. The van der Waals surface area contributed by atoms with E-state index in [1.807, 2.05) is 17.9 Å². The summed E-state index contributed by atoms with van der Waals surface area (Å²) in [6.45, 7) is 1.05. The molecule has 1 aromatic heterocycles. The summed E-state index contributed by atoms with van der Waals surface area (Å²) in [5, 5.41) is 4.64. The zero-order chi connectivity index (χ0) is 11.1. The summed E-state index contributed by atoms with van der Waals surface area (Å²) in [7, 11) is 1.98. The molecule has 2 aliphatic rings. The normalized spacial score (nSPS) is 34.5. The molecule has 0 aromatic carbocycles. The highest BCUT2D eigenvalue weighted by molar-refractivity contribution is 6.20. The first kappa shape index (κ1) is 10.6. The maximum Gasteiger partial charge on any atom is 0.0534 e. The molecule has 16 heavy (non-hydrogen) atoms. The Balaban J connectivity index is 1.72. The zero-order valence-electron chi connectivity index (χ0n) is 9.64. The highest BCUT2D eigenvalue weighted by Crippen LogP contribution is 2.38. The molecule has 3 nitrogen and oxygen atoms in total. The van der Waals surface area contributed by atoms with E-state index in [1.54, 1.807) is 0 Å². The first-order chi connectivity index (χ1) is 7.72. The Morgan fingerprint density at radius 2 is 2.06 bits per heavy atom. The molecule has 0 aliphatic carbocycles. The second-order valence-electron chi connectivity index (χ2n) is 5.15. The minimum atomic E-state index is 0.405. The smallest absolute Gasteiger partial charge is 0.0534 e. The van der Waals surface area contributed by atoms with E-state index in [4.69, 9.17) is 11.6 Å². The number of aromatic nitrogens is 2. The summed E-state index contributed by atoms with van der Waals surface area (Å²) in [5.74, 6) is 0. The topological polar surface area (TPSA) is 21.1 Å². The predicted octanol–water partition coefficient (Wildman–Crippen LogP) is 2.15. The van der Waals surface area contributed by atoms with Gasteiger partial charge >= 0.3 is 0 Å². The molecule has 0 spiro atoms. The standard InChI is InChI=1S/C12H18ClN3/c1-15-7-9(6-14-15)8-16-11-2-3-12(16)5-10(13)4-11/h6-7,10-12H,2-5,8H2,1H3. The number of aryl methyl sites for hydroxylation is 1. The van der Waals surface area contributed by atoms with Crippen molar-refractivity contribution < 1.29 is 0 Å². The lowest BCUT2D eigenvalue weighted by Crippen LogP contribution is -2.42. The van der Waals surface area contributed by atoms with Gasteiger partial charge in [-0.2, -0.15) is 5.10 Å². The number of piperidine rings is 1. The molecule has 2 unspecified atom stereocenters. The van der Waals surface area contributed by atoms with Gasteiger partial charge in [-0.05, 0) is 25.7 Å². The lowest BCUT2D eigenvalue weighted by Gasteiger charge is -2.36. The molecular formula is C12H18ClN3. The van der Waals surface area contributed by atoms with E-state index in [2.05, 4.69) is 16.2 Å². The molecule has 0 N–H and O–H groups in total. The Hall–Kier alpha value is -0.540. The second-order valence-corrected chi connectivity index (χ2v) is 5.77. The van der Waals surface area contributed by atoms with Crippen LogP contribution in [0.1, 0.15) is 31.2 Å². The van der Waals surface area contributed by atoms with Crippen LogP contribution in [0.5, 0.6) is 0 Å². The van der Waals surface area contributed by atoms with Gasteiger partial charge in [0.15, 0.2) is 0 Å².